The average molecular weight is 290 g/mol. The molecular weight excluding hydrogens is 266 g/mol. The molecule has 1 aromatic rings. The van der Waals surface area contributed by atoms with Crippen molar-refractivity contribution in [1.82, 2.24) is 20.1 Å². The third-order valence-electron chi connectivity index (χ3n) is 2.72. The molecule has 1 aromatic heterocycles. The molecule has 0 fully saturated rings. The van der Waals surface area contributed by atoms with Gasteiger partial charge in [-0.2, -0.15) is 5.10 Å². The molecule has 19 heavy (non-hydrogen) atoms. The summed E-state index contributed by atoms with van der Waals surface area (Å²) in [5.41, 5.74) is 3.61. The fourth-order valence-corrected chi connectivity index (χ4v) is 1.96. The quantitative estimate of drug-likeness (QED) is 0.553. The Hall–Kier alpha value is -0.660. The third-order valence-corrected chi connectivity index (χ3v) is 3.01. The Balaban J connectivity index is 2.80. The Kier molecular flexibility index (Phi) is 6.74. The standard InChI is InChI=1S/C12H24ClN5O/c1-9(2)19-8-11(16-14)12-10(13)7-15-18(12)6-5-17(3)4/h7,9,11,16H,5-6,8,14H2,1-4H3. The van der Waals surface area contributed by atoms with Crippen LogP contribution in [-0.4, -0.2) is 48.0 Å². The second kappa shape index (κ2) is 7.81. The van der Waals surface area contributed by atoms with Crippen LogP contribution in [0.2, 0.25) is 5.02 Å². The zero-order valence-corrected chi connectivity index (χ0v) is 12.8. The van der Waals surface area contributed by atoms with Crippen LogP contribution in [0.15, 0.2) is 6.20 Å². The number of likely N-dealkylation sites (N-methyl/N-ethyl adjacent to an activating group) is 1. The summed E-state index contributed by atoms with van der Waals surface area (Å²) in [7, 11) is 4.04. The summed E-state index contributed by atoms with van der Waals surface area (Å²) < 4.78 is 7.47. The minimum absolute atomic E-state index is 0.146. The van der Waals surface area contributed by atoms with Crippen LogP contribution in [0, 0.1) is 0 Å². The normalized spacial score (nSPS) is 13.5. The number of nitrogens with two attached hydrogens (primary N) is 1. The summed E-state index contributed by atoms with van der Waals surface area (Å²) in [6.07, 6.45) is 1.79. The molecule has 0 aliphatic rings. The predicted molar refractivity (Wildman–Crippen MR) is 76.9 cm³/mol. The monoisotopic (exact) mass is 289 g/mol. The number of hydrogen-bond donors (Lipinski definition) is 2. The van der Waals surface area contributed by atoms with Gasteiger partial charge >= 0.3 is 0 Å². The van der Waals surface area contributed by atoms with Gasteiger partial charge in [-0.3, -0.25) is 10.5 Å². The first-order chi connectivity index (χ1) is 8.95. The van der Waals surface area contributed by atoms with Gasteiger partial charge < -0.3 is 9.64 Å². The van der Waals surface area contributed by atoms with E-state index in [0.29, 0.717) is 11.6 Å². The van der Waals surface area contributed by atoms with Crippen LogP contribution in [-0.2, 0) is 11.3 Å². The first-order valence-corrected chi connectivity index (χ1v) is 6.77. The number of nitrogens with zero attached hydrogens (tertiary/aromatic N) is 3. The van der Waals surface area contributed by atoms with Crippen molar-refractivity contribution in [1.29, 1.82) is 0 Å². The fourth-order valence-electron chi connectivity index (χ4n) is 1.69. The summed E-state index contributed by atoms with van der Waals surface area (Å²) >= 11 is 6.20. The molecule has 7 heteroatoms. The van der Waals surface area contributed by atoms with Crippen LogP contribution in [0.25, 0.3) is 0 Å². The molecule has 0 aliphatic carbocycles. The first kappa shape index (κ1) is 16.4. The highest BCUT2D eigenvalue weighted by Gasteiger charge is 2.20. The van der Waals surface area contributed by atoms with Crippen LogP contribution < -0.4 is 11.3 Å². The molecule has 3 N–H and O–H groups in total. The summed E-state index contributed by atoms with van der Waals surface area (Å²) in [6, 6.07) is -0.167. The lowest BCUT2D eigenvalue weighted by atomic mass is 10.2. The minimum Gasteiger partial charge on any atom is -0.377 e. The van der Waals surface area contributed by atoms with Crippen LogP contribution in [0.4, 0.5) is 0 Å². The van der Waals surface area contributed by atoms with Crippen LogP contribution in [0.3, 0.4) is 0 Å². The molecule has 6 nitrogen and oxygen atoms in total. The lowest BCUT2D eigenvalue weighted by Gasteiger charge is -2.20. The van der Waals surface area contributed by atoms with Crippen molar-refractivity contribution >= 4 is 11.6 Å². The molecule has 0 saturated carbocycles. The van der Waals surface area contributed by atoms with Gasteiger partial charge in [-0.05, 0) is 27.9 Å². The number of ether oxygens (including phenoxy) is 1. The van der Waals surface area contributed by atoms with E-state index >= 15 is 0 Å². The summed E-state index contributed by atoms with van der Waals surface area (Å²) in [5.74, 6) is 5.60. The Labute approximate surface area is 119 Å². The van der Waals surface area contributed by atoms with Gasteiger partial charge in [0.2, 0.25) is 0 Å². The summed E-state index contributed by atoms with van der Waals surface area (Å²) in [4.78, 5) is 2.09. The molecule has 0 saturated heterocycles. The van der Waals surface area contributed by atoms with E-state index in [1.807, 2.05) is 32.6 Å². The Morgan fingerprint density at radius 2 is 2.21 bits per heavy atom. The van der Waals surface area contributed by atoms with E-state index in [2.05, 4.69) is 15.4 Å². The Morgan fingerprint density at radius 3 is 2.74 bits per heavy atom. The Morgan fingerprint density at radius 1 is 1.53 bits per heavy atom. The maximum Gasteiger partial charge on any atom is 0.0877 e. The lowest BCUT2D eigenvalue weighted by molar-refractivity contribution is 0.0593. The van der Waals surface area contributed by atoms with Crippen molar-refractivity contribution in [3.8, 4) is 0 Å². The van der Waals surface area contributed by atoms with E-state index in [1.165, 1.54) is 0 Å². The molecule has 0 spiro atoms. The average Bonchev–Trinajstić information content (AvgIpc) is 2.69. The molecular formula is C12H24ClN5O. The number of hydrogen-bond acceptors (Lipinski definition) is 5. The highest BCUT2D eigenvalue weighted by molar-refractivity contribution is 6.31. The number of nitrogens with one attached hydrogen (secondary N) is 1. The second-order valence-electron chi connectivity index (χ2n) is 5.01. The fraction of sp³-hybridized carbons (Fsp3) is 0.750. The van der Waals surface area contributed by atoms with Gasteiger partial charge in [0.05, 0.1) is 42.2 Å². The van der Waals surface area contributed by atoms with Gasteiger partial charge in [0.1, 0.15) is 0 Å². The number of rotatable bonds is 8. The van der Waals surface area contributed by atoms with Gasteiger partial charge in [-0.1, -0.05) is 11.6 Å². The van der Waals surface area contributed by atoms with E-state index in [1.54, 1.807) is 6.20 Å². The van der Waals surface area contributed by atoms with Crippen LogP contribution in [0.5, 0.6) is 0 Å². The highest BCUT2D eigenvalue weighted by Crippen LogP contribution is 2.23. The maximum atomic E-state index is 6.20. The van der Waals surface area contributed by atoms with Crippen LogP contribution >= 0.6 is 11.6 Å². The largest absolute Gasteiger partial charge is 0.377 e. The van der Waals surface area contributed by atoms with E-state index < -0.39 is 0 Å². The molecule has 0 aromatic carbocycles. The molecule has 1 rings (SSSR count). The van der Waals surface area contributed by atoms with Gasteiger partial charge in [0.15, 0.2) is 0 Å². The number of aromatic nitrogens is 2. The van der Waals surface area contributed by atoms with E-state index in [4.69, 9.17) is 22.2 Å². The van der Waals surface area contributed by atoms with Gasteiger partial charge in [0.25, 0.3) is 0 Å². The summed E-state index contributed by atoms with van der Waals surface area (Å²) in [6.45, 7) is 6.07. The molecule has 110 valence electrons. The zero-order chi connectivity index (χ0) is 14.4. The van der Waals surface area contributed by atoms with Crippen molar-refractivity contribution in [2.24, 2.45) is 5.84 Å². The molecule has 0 radical (unpaired) electrons. The van der Waals surface area contributed by atoms with Crippen molar-refractivity contribution in [2.75, 3.05) is 27.2 Å². The minimum atomic E-state index is -0.167. The van der Waals surface area contributed by atoms with Crippen LogP contribution in [0.1, 0.15) is 25.6 Å². The van der Waals surface area contributed by atoms with Crippen molar-refractivity contribution < 1.29 is 4.74 Å². The molecule has 0 aliphatic heterocycles. The first-order valence-electron chi connectivity index (χ1n) is 6.39. The van der Waals surface area contributed by atoms with Gasteiger partial charge in [-0.25, -0.2) is 5.43 Å². The van der Waals surface area contributed by atoms with E-state index in [-0.39, 0.29) is 12.1 Å². The molecule has 0 bridgehead atoms. The lowest BCUT2D eigenvalue weighted by Crippen LogP contribution is -2.34. The number of hydrazine groups is 1. The zero-order valence-electron chi connectivity index (χ0n) is 12.1. The molecule has 0 amide bonds. The van der Waals surface area contributed by atoms with E-state index in [0.717, 1.165) is 18.8 Å². The van der Waals surface area contributed by atoms with E-state index in [9.17, 15) is 0 Å². The topological polar surface area (TPSA) is 68.3 Å². The van der Waals surface area contributed by atoms with Gasteiger partial charge in [0, 0.05) is 6.54 Å². The summed E-state index contributed by atoms with van der Waals surface area (Å²) in [5, 5.41) is 4.90. The van der Waals surface area contributed by atoms with Crippen molar-refractivity contribution in [2.45, 2.75) is 32.5 Å². The van der Waals surface area contributed by atoms with Crippen molar-refractivity contribution in [3.63, 3.8) is 0 Å². The molecule has 1 heterocycles. The predicted octanol–water partition coefficient (Wildman–Crippen LogP) is 1.03. The van der Waals surface area contributed by atoms with Crippen molar-refractivity contribution in [3.05, 3.63) is 16.9 Å². The maximum absolute atomic E-state index is 6.20. The Bertz CT molecular complexity index is 380. The third kappa shape index (κ3) is 5.08. The molecule has 1 atom stereocenters. The second-order valence-corrected chi connectivity index (χ2v) is 5.41. The molecule has 1 unspecified atom stereocenters. The highest BCUT2D eigenvalue weighted by atomic mass is 35.5. The SMILES string of the molecule is CC(C)OCC(NN)c1c(Cl)cnn1CCN(C)C. The van der Waals surface area contributed by atoms with Gasteiger partial charge in [-0.15, -0.1) is 0 Å². The number of halogens is 1. The smallest absolute Gasteiger partial charge is 0.0877 e.